The first-order valence-corrected chi connectivity index (χ1v) is 4.91. The van der Waals surface area contributed by atoms with Crippen LogP contribution in [0.3, 0.4) is 0 Å². The molecule has 0 fully saturated rings. The van der Waals surface area contributed by atoms with Crippen LogP contribution in [-0.4, -0.2) is 34.0 Å². The SMILES string of the molecule is Cc1nc2nc(N(C)C)[nH]c(=O)c2nc1C. The topological polar surface area (TPSA) is 74.8 Å². The number of H-pyrrole nitrogens is 1. The zero-order valence-corrected chi connectivity index (χ0v) is 9.70. The molecule has 0 radical (unpaired) electrons. The maximum Gasteiger partial charge on any atom is 0.280 e. The van der Waals surface area contributed by atoms with Gasteiger partial charge in [-0.05, 0) is 13.8 Å². The van der Waals surface area contributed by atoms with Crippen molar-refractivity contribution in [3.8, 4) is 0 Å². The van der Waals surface area contributed by atoms with Crippen molar-refractivity contribution in [3.05, 3.63) is 21.7 Å². The summed E-state index contributed by atoms with van der Waals surface area (Å²) in [6.07, 6.45) is 0. The molecule has 1 N–H and O–H groups in total. The number of nitrogens with zero attached hydrogens (tertiary/aromatic N) is 4. The molecule has 0 atom stereocenters. The van der Waals surface area contributed by atoms with Gasteiger partial charge in [0.1, 0.15) is 0 Å². The number of aromatic nitrogens is 4. The van der Waals surface area contributed by atoms with E-state index in [0.717, 1.165) is 11.4 Å². The first-order valence-electron chi connectivity index (χ1n) is 4.91. The monoisotopic (exact) mass is 219 g/mol. The van der Waals surface area contributed by atoms with Crippen LogP contribution >= 0.6 is 0 Å². The maximum absolute atomic E-state index is 11.7. The highest BCUT2D eigenvalue weighted by molar-refractivity contribution is 5.70. The predicted molar refractivity (Wildman–Crippen MR) is 61.8 cm³/mol. The van der Waals surface area contributed by atoms with Crippen molar-refractivity contribution >= 4 is 17.1 Å². The molecule has 6 nitrogen and oxygen atoms in total. The molecule has 84 valence electrons. The van der Waals surface area contributed by atoms with E-state index in [1.54, 1.807) is 19.0 Å². The maximum atomic E-state index is 11.7. The van der Waals surface area contributed by atoms with Crippen molar-refractivity contribution in [3.63, 3.8) is 0 Å². The van der Waals surface area contributed by atoms with Crippen molar-refractivity contribution in [1.82, 2.24) is 19.9 Å². The predicted octanol–water partition coefficient (Wildman–Crippen LogP) is 0.396. The summed E-state index contributed by atoms with van der Waals surface area (Å²) in [4.78, 5) is 28.8. The van der Waals surface area contributed by atoms with Crippen molar-refractivity contribution in [2.45, 2.75) is 13.8 Å². The summed E-state index contributed by atoms with van der Waals surface area (Å²) in [5.74, 6) is 0.482. The van der Waals surface area contributed by atoms with Crippen molar-refractivity contribution in [2.24, 2.45) is 0 Å². The van der Waals surface area contributed by atoms with E-state index in [9.17, 15) is 4.79 Å². The molecule has 0 aromatic carbocycles. The van der Waals surface area contributed by atoms with Crippen LogP contribution in [0.1, 0.15) is 11.4 Å². The van der Waals surface area contributed by atoms with Gasteiger partial charge in [-0.25, -0.2) is 9.97 Å². The summed E-state index contributed by atoms with van der Waals surface area (Å²) >= 11 is 0. The molecule has 0 spiro atoms. The Labute approximate surface area is 92.4 Å². The van der Waals surface area contributed by atoms with Gasteiger partial charge in [0, 0.05) is 14.1 Å². The molecular weight excluding hydrogens is 206 g/mol. The Morgan fingerprint density at radius 3 is 2.31 bits per heavy atom. The van der Waals surface area contributed by atoms with Gasteiger partial charge in [0.25, 0.3) is 5.56 Å². The van der Waals surface area contributed by atoms with E-state index < -0.39 is 0 Å². The second-order valence-corrected chi connectivity index (χ2v) is 3.85. The van der Waals surface area contributed by atoms with E-state index >= 15 is 0 Å². The van der Waals surface area contributed by atoms with Gasteiger partial charge in [-0.15, -0.1) is 0 Å². The highest BCUT2D eigenvalue weighted by Crippen LogP contribution is 2.08. The minimum atomic E-state index is -0.260. The van der Waals surface area contributed by atoms with Crippen LogP contribution in [-0.2, 0) is 0 Å². The first kappa shape index (κ1) is 10.5. The normalized spacial score (nSPS) is 10.8. The standard InChI is InChI=1S/C10H13N5O/c1-5-6(2)12-8-7(11-5)9(16)14-10(13-8)15(3)4/h1-4H3,(H,12,13,14,16). The number of nitrogens with one attached hydrogen (secondary N) is 1. The average molecular weight is 219 g/mol. The minimum Gasteiger partial charge on any atom is -0.348 e. The van der Waals surface area contributed by atoms with Crippen LogP contribution in [0.4, 0.5) is 5.95 Å². The summed E-state index contributed by atoms with van der Waals surface area (Å²) < 4.78 is 0. The highest BCUT2D eigenvalue weighted by atomic mass is 16.1. The lowest BCUT2D eigenvalue weighted by Gasteiger charge is -2.10. The second kappa shape index (κ2) is 3.55. The first-order chi connectivity index (χ1) is 7.49. The van der Waals surface area contributed by atoms with E-state index in [-0.39, 0.29) is 11.1 Å². The lowest BCUT2D eigenvalue weighted by atomic mass is 10.3. The average Bonchev–Trinajstić information content (AvgIpc) is 2.20. The van der Waals surface area contributed by atoms with E-state index in [1.165, 1.54) is 0 Å². The Morgan fingerprint density at radius 1 is 1.06 bits per heavy atom. The molecule has 0 aliphatic carbocycles. The molecule has 2 aromatic heterocycles. The number of hydrogen-bond donors (Lipinski definition) is 1. The van der Waals surface area contributed by atoms with Gasteiger partial charge in [-0.2, -0.15) is 4.98 Å². The third-order valence-corrected chi connectivity index (χ3v) is 2.36. The van der Waals surface area contributed by atoms with Gasteiger partial charge in [0.15, 0.2) is 11.2 Å². The molecule has 0 unspecified atom stereocenters. The van der Waals surface area contributed by atoms with Gasteiger partial charge >= 0.3 is 0 Å². The van der Waals surface area contributed by atoms with E-state index in [0.29, 0.717) is 11.6 Å². The fraction of sp³-hybridized carbons (Fsp3) is 0.400. The quantitative estimate of drug-likeness (QED) is 0.751. The van der Waals surface area contributed by atoms with Crippen LogP contribution in [0.5, 0.6) is 0 Å². The number of fused-ring (bicyclic) bond motifs is 1. The minimum absolute atomic E-state index is 0.260. The van der Waals surface area contributed by atoms with Crippen LogP contribution in [0.25, 0.3) is 11.2 Å². The summed E-state index contributed by atoms with van der Waals surface area (Å²) in [5, 5.41) is 0. The molecule has 0 aliphatic heterocycles. The molecule has 0 bridgehead atoms. The lowest BCUT2D eigenvalue weighted by molar-refractivity contribution is 0.974. The smallest absolute Gasteiger partial charge is 0.280 e. The Morgan fingerprint density at radius 2 is 1.69 bits per heavy atom. The van der Waals surface area contributed by atoms with Crippen LogP contribution < -0.4 is 10.5 Å². The zero-order chi connectivity index (χ0) is 11.9. The third kappa shape index (κ3) is 1.62. The summed E-state index contributed by atoms with van der Waals surface area (Å²) in [7, 11) is 3.61. The molecule has 16 heavy (non-hydrogen) atoms. The molecule has 2 heterocycles. The molecular formula is C10H13N5O. The fourth-order valence-corrected chi connectivity index (χ4v) is 1.32. The van der Waals surface area contributed by atoms with Crippen molar-refractivity contribution in [2.75, 3.05) is 19.0 Å². The van der Waals surface area contributed by atoms with Gasteiger partial charge in [0.05, 0.1) is 11.4 Å². The number of rotatable bonds is 1. The van der Waals surface area contributed by atoms with E-state index in [1.807, 2.05) is 13.8 Å². The number of anilines is 1. The molecule has 0 saturated heterocycles. The van der Waals surface area contributed by atoms with E-state index in [4.69, 9.17) is 0 Å². The molecule has 0 saturated carbocycles. The third-order valence-electron chi connectivity index (χ3n) is 2.36. The number of aryl methyl sites for hydroxylation is 2. The van der Waals surface area contributed by atoms with Crippen LogP contribution in [0, 0.1) is 13.8 Å². The Balaban J connectivity index is 2.82. The van der Waals surface area contributed by atoms with Gasteiger partial charge in [-0.3, -0.25) is 9.78 Å². The largest absolute Gasteiger partial charge is 0.348 e. The molecule has 0 amide bonds. The van der Waals surface area contributed by atoms with Gasteiger partial charge < -0.3 is 4.90 Å². The van der Waals surface area contributed by atoms with Crippen molar-refractivity contribution in [1.29, 1.82) is 0 Å². The Bertz CT molecular complexity index is 602. The summed E-state index contributed by atoms with van der Waals surface area (Å²) in [6.45, 7) is 3.67. The van der Waals surface area contributed by atoms with E-state index in [2.05, 4.69) is 19.9 Å². The molecule has 0 aliphatic rings. The summed E-state index contributed by atoms with van der Waals surface area (Å²) in [5.41, 5.74) is 1.95. The molecule has 2 rings (SSSR count). The van der Waals surface area contributed by atoms with Crippen LogP contribution in [0.2, 0.25) is 0 Å². The van der Waals surface area contributed by atoms with Crippen molar-refractivity contribution < 1.29 is 0 Å². The van der Waals surface area contributed by atoms with Crippen LogP contribution in [0.15, 0.2) is 4.79 Å². The van der Waals surface area contributed by atoms with Gasteiger partial charge in [0.2, 0.25) is 5.95 Å². The summed E-state index contributed by atoms with van der Waals surface area (Å²) in [6, 6.07) is 0. The van der Waals surface area contributed by atoms with Gasteiger partial charge in [-0.1, -0.05) is 0 Å². The number of aromatic amines is 1. The number of hydrogen-bond acceptors (Lipinski definition) is 5. The Kier molecular flexibility index (Phi) is 2.34. The lowest BCUT2D eigenvalue weighted by Crippen LogP contribution is -2.20. The second-order valence-electron chi connectivity index (χ2n) is 3.85. The molecule has 2 aromatic rings. The molecule has 6 heteroatoms. The highest BCUT2D eigenvalue weighted by Gasteiger charge is 2.09. The Hall–Kier alpha value is -1.98. The zero-order valence-electron chi connectivity index (χ0n) is 9.70. The fourth-order valence-electron chi connectivity index (χ4n) is 1.32.